The molecule has 0 radical (unpaired) electrons. The minimum absolute atomic E-state index is 0. The van der Waals surface area contributed by atoms with Crippen LogP contribution in [-0.2, 0) is 0 Å². The topological polar surface area (TPSA) is 30.9 Å². The molecule has 0 aromatic heterocycles. The lowest BCUT2D eigenvalue weighted by atomic mass is 10.1. The van der Waals surface area contributed by atoms with E-state index in [9.17, 15) is 0 Å². The smallest absolute Gasteiger partial charge is 0.231 e. The Balaban J connectivity index is 0.00000120. The highest BCUT2D eigenvalue weighted by Gasteiger charge is 2.15. The monoisotopic (exact) mass is 271 g/mol. The van der Waals surface area contributed by atoms with E-state index < -0.39 is 0 Å². The molecule has 4 nitrogen and oxygen atoms in total. The Bertz CT molecular complexity index is 394. The van der Waals surface area contributed by atoms with Gasteiger partial charge in [0.1, 0.15) is 12.5 Å². The van der Waals surface area contributed by atoms with Gasteiger partial charge < -0.3 is 14.2 Å². The van der Waals surface area contributed by atoms with Gasteiger partial charge in [-0.25, -0.2) is 0 Å². The number of nitrogens with zero attached hydrogens (tertiary/aromatic N) is 1. The second kappa shape index (κ2) is 6.16. The molecule has 2 aliphatic heterocycles. The van der Waals surface area contributed by atoms with Crippen LogP contribution >= 0.6 is 12.4 Å². The first kappa shape index (κ1) is 13.3. The highest BCUT2D eigenvalue weighted by molar-refractivity contribution is 5.85. The van der Waals surface area contributed by atoms with Crippen LogP contribution in [0.3, 0.4) is 0 Å². The van der Waals surface area contributed by atoms with Crippen LogP contribution < -0.4 is 14.2 Å². The van der Waals surface area contributed by atoms with Crippen molar-refractivity contribution >= 4 is 12.4 Å². The Hall–Kier alpha value is -1.13. The molecule has 0 saturated carbocycles. The predicted octanol–water partition coefficient (Wildman–Crippen LogP) is 2.66. The zero-order valence-electron chi connectivity index (χ0n) is 10.3. The molecule has 1 aromatic rings. The molecule has 18 heavy (non-hydrogen) atoms. The third-order valence-electron chi connectivity index (χ3n) is 3.21. The van der Waals surface area contributed by atoms with Crippen LogP contribution in [0.4, 0.5) is 0 Å². The molecular weight excluding hydrogens is 254 g/mol. The minimum atomic E-state index is 0. The lowest BCUT2D eigenvalue weighted by Crippen LogP contribution is -2.33. The molecule has 0 spiro atoms. The van der Waals surface area contributed by atoms with Crippen molar-refractivity contribution in [1.29, 1.82) is 0 Å². The van der Waals surface area contributed by atoms with Crippen molar-refractivity contribution in [1.82, 2.24) is 4.90 Å². The quantitative estimate of drug-likeness (QED) is 0.846. The molecule has 0 amide bonds. The number of hydrogen-bond acceptors (Lipinski definition) is 4. The molecule has 100 valence electrons. The van der Waals surface area contributed by atoms with Crippen molar-refractivity contribution in [2.45, 2.75) is 19.3 Å². The molecule has 0 bridgehead atoms. The normalized spacial score (nSPS) is 18.2. The van der Waals surface area contributed by atoms with E-state index in [0.29, 0.717) is 13.5 Å². The molecule has 2 heterocycles. The molecule has 0 unspecified atom stereocenters. The molecule has 0 N–H and O–H groups in total. The van der Waals surface area contributed by atoms with E-state index in [-0.39, 0.29) is 12.4 Å². The maximum atomic E-state index is 5.76. The molecule has 0 aliphatic carbocycles. The van der Waals surface area contributed by atoms with Crippen LogP contribution in [0.1, 0.15) is 19.3 Å². The molecule has 1 aromatic carbocycles. The standard InChI is InChI=1S/C13H17NO3.ClH/c1-2-6-14(7-3-1)9-15-11-4-5-12-13(8-11)17-10-16-12;/h4-5,8H,1-3,6-7,9-10H2;1H. The van der Waals surface area contributed by atoms with E-state index in [0.717, 1.165) is 30.3 Å². The third-order valence-corrected chi connectivity index (χ3v) is 3.21. The summed E-state index contributed by atoms with van der Waals surface area (Å²) in [6.07, 6.45) is 3.91. The summed E-state index contributed by atoms with van der Waals surface area (Å²) >= 11 is 0. The fourth-order valence-corrected chi connectivity index (χ4v) is 2.22. The van der Waals surface area contributed by atoms with Crippen molar-refractivity contribution < 1.29 is 14.2 Å². The van der Waals surface area contributed by atoms with E-state index in [1.165, 1.54) is 19.3 Å². The Labute approximate surface area is 113 Å². The Kier molecular flexibility index (Phi) is 4.55. The maximum absolute atomic E-state index is 5.76. The van der Waals surface area contributed by atoms with E-state index in [1.54, 1.807) is 0 Å². The molecule has 1 fully saturated rings. The zero-order valence-corrected chi connectivity index (χ0v) is 11.1. The number of halogens is 1. The second-order valence-electron chi connectivity index (χ2n) is 4.47. The van der Waals surface area contributed by atoms with Gasteiger partial charge in [-0.3, -0.25) is 4.90 Å². The van der Waals surface area contributed by atoms with Crippen molar-refractivity contribution in [3.05, 3.63) is 18.2 Å². The highest BCUT2D eigenvalue weighted by atomic mass is 35.5. The van der Waals surface area contributed by atoms with Gasteiger partial charge in [-0.15, -0.1) is 12.4 Å². The maximum Gasteiger partial charge on any atom is 0.231 e. The first-order chi connectivity index (χ1) is 8.42. The summed E-state index contributed by atoms with van der Waals surface area (Å²) in [6.45, 7) is 3.26. The van der Waals surface area contributed by atoms with Gasteiger partial charge in [-0.2, -0.15) is 0 Å². The van der Waals surface area contributed by atoms with Crippen molar-refractivity contribution in [3.63, 3.8) is 0 Å². The average Bonchev–Trinajstić information content (AvgIpc) is 2.85. The van der Waals surface area contributed by atoms with Gasteiger partial charge in [0.2, 0.25) is 6.79 Å². The molecule has 5 heteroatoms. The van der Waals surface area contributed by atoms with Crippen LogP contribution in [0.5, 0.6) is 17.2 Å². The van der Waals surface area contributed by atoms with Crippen molar-refractivity contribution in [2.24, 2.45) is 0 Å². The van der Waals surface area contributed by atoms with Gasteiger partial charge in [0, 0.05) is 19.2 Å². The SMILES string of the molecule is Cl.c1cc2c(cc1OCN1CCCCC1)OCO2. The van der Waals surface area contributed by atoms with E-state index >= 15 is 0 Å². The fourth-order valence-electron chi connectivity index (χ4n) is 2.22. The summed E-state index contributed by atoms with van der Waals surface area (Å²) < 4.78 is 16.3. The number of fused-ring (bicyclic) bond motifs is 1. The van der Waals surface area contributed by atoms with Gasteiger partial charge >= 0.3 is 0 Å². The van der Waals surface area contributed by atoms with Crippen LogP contribution in [0, 0.1) is 0 Å². The third kappa shape index (κ3) is 3.00. The van der Waals surface area contributed by atoms with Crippen LogP contribution in [0.2, 0.25) is 0 Å². The number of rotatable bonds is 3. The fraction of sp³-hybridized carbons (Fsp3) is 0.538. The first-order valence-corrected chi connectivity index (χ1v) is 6.17. The molecule has 1 saturated heterocycles. The molecule has 0 atom stereocenters. The lowest BCUT2D eigenvalue weighted by molar-refractivity contribution is 0.106. The average molecular weight is 272 g/mol. The Morgan fingerprint density at radius 3 is 2.67 bits per heavy atom. The van der Waals surface area contributed by atoms with Gasteiger partial charge in [-0.1, -0.05) is 6.42 Å². The summed E-state index contributed by atoms with van der Waals surface area (Å²) in [7, 11) is 0. The van der Waals surface area contributed by atoms with Gasteiger partial charge in [0.15, 0.2) is 11.5 Å². The summed E-state index contributed by atoms with van der Waals surface area (Å²) in [5.74, 6) is 2.43. The Morgan fingerprint density at radius 1 is 1.06 bits per heavy atom. The predicted molar refractivity (Wildman–Crippen MR) is 70.7 cm³/mol. The van der Waals surface area contributed by atoms with Gasteiger partial charge in [0.05, 0.1) is 0 Å². The number of hydrogen-bond donors (Lipinski definition) is 0. The van der Waals surface area contributed by atoms with E-state index in [2.05, 4.69) is 4.90 Å². The molecular formula is C13H18ClNO3. The molecule has 2 aliphatic rings. The summed E-state index contributed by atoms with van der Waals surface area (Å²) in [5.41, 5.74) is 0. The zero-order chi connectivity index (χ0) is 11.5. The summed E-state index contributed by atoms with van der Waals surface area (Å²) in [4.78, 5) is 2.34. The lowest BCUT2D eigenvalue weighted by Gasteiger charge is -2.26. The first-order valence-electron chi connectivity index (χ1n) is 6.17. The van der Waals surface area contributed by atoms with Gasteiger partial charge in [-0.05, 0) is 25.0 Å². The largest absolute Gasteiger partial charge is 0.478 e. The Morgan fingerprint density at radius 2 is 1.83 bits per heavy atom. The number of ether oxygens (including phenoxy) is 3. The van der Waals surface area contributed by atoms with Crippen molar-refractivity contribution in [2.75, 3.05) is 26.6 Å². The summed E-state index contributed by atoms with van der Waals surface area (Å²) in [6, 6.07) is 5.72. The van der Waals surface area contributed by atoms with E-state index in [4.69, 9.17) is 14.2 Å². The number of piperidine rings is 1. The second-order valence-corrected chi connectivity index (χ2v) is 4.47. The minimum Gasteiger partial charge on any atom is -0.478 e. The van der Waals surface area contributed by atoms with E-state index in [1.807, 2.05) is 18.2 Å². The highest BCUT2D eigenvalue weighted by Crippen LogP contribution is 2.35. The molecule has 3 rings (SSSR count). The van der Waals surface area contributed by atoms with Crippen LogP contribution in [0.25, 0.3) is 0 Å². The van der Waals surface area contributed by atoms with Crippen molar-refractivity contribution in [3.8, 4) is 17.2 Å². The number of benzene rings is 1. The number of likely N-dealkylation sites (tertiary alicyclic amines) is 1. The van der Waals surface area contributed by atoms with Crippen LogP contribution in [-0.4, -0.2) is 31.5 Å². The van der Waals surface area contributed by atoms with Crippen LogP contribution in [0.15, 0.2) is 18.2 Å². The van der Waals surface area contributed by atoms with Gasteiger partial charge in [0.25, 0.3) is 0 Å². The summed E-state index contributed by atoms with van der Waals surface area (Å²) in [5, 5.41) is 0.